The van der Waals surface area contributed by atoms with Gasteiger partial charge >= 0.3 is 0 Å². The molecule has 0 amide bonds. The third-order valence-corrected chi connectivity index (χ3v) is 3.05. The van der Waals surface area contributed by atoms with Crippen LogP contribution in [0.4, 0.5) is 13.2 Å². The van der Waals surface area contributed by atoms with Crippen molar-refractivity contribution in [2.24, 2.45) is 11.7 Å². The molecule has 1 aromatic rings. The minimum atomic E-state index is -2.73. The Bertz CT molecular complexity index is 394. The number of rotatable bonds is 2. The van der Waals surface area contributed by atoms with E-state index in [1.807, 2.05) is 0 Å². The molecule has 2 N–H and O–H groups in total. The van der Waals surface area contributed by atoms with Gasteiger partial charge in [-0.2, -0.15) is 0 Å². The molecule has 0 radical (unpaired) electrons. The van der Waals surface area contributed by atoms with Crippen LogP contribution in [0.1, 0.15) is 18.0 Å². The topological polar surface area (TPSA) is 26.0 Å². The predicted octanol–water partition coefficient (Wildman–Crippen LogP) is 3.13. The highest BCUT2D eigenvalue weighted by atomic mass is 35.5. The Morgan fingerprint density at radius 1 is 1.47 bits per heavy atom. The van der Waals surface area contributed by atoms with Gasteiger partial charge in [-0.3, -0.25) is 0 Å². The lowest BCUT2D eigenvalue weighted by Crippen LogP contribution is -2.17. The van der Waals surface area contributed by atoms with Crippen molar-refractivity contribution < 1.29 is 13.2 Å². The van der Waals surface area contributed by atoms with Gasteiger partial charge in [-0.1, -0.05) is 23.7 Å². The molecule has 0 heterocycles. The molecule has 2 atom stereocenters. The van der Waals surface area contributed by atoms with Crippen LogP contribution < -0.4 is 5.73 Å². The number of benzene rings is 1. The zero-order chi connectivity index (χ0) is 11.2. The van der Waals surface area contributed by atoms with Gasteiger partial charge in [-0.25, -0.2) is 13.2 Å². The van der Waals surface area contributed by atoms with Crippen molar-refractivity contribution in [3.8, 4) is 0 Å². The van der Waals surface area contributed by atoms with E-state index < -0.39 is 23.7 Å². The van der Waals surface area contributed by atoms with Crippen molar-refractivity contribution in [2.75, 3.05) is 0 Å². The van der Waals surface area contributed by atoms with Crippen LogP contribution in [0.25, 0.3) is 0 Å². The van der Waals surface area contributed by atoms with Crippen LogP contribution in [0.15, 0.2) is 18.2 Å². The van der Waals surface area contributed by atoms with Crippen molar-refractivity contribution in [3.63, 3.8) is 0 Å². The summed E-state index contributed by atoms with van der Waals surface area (Å²) in [6, 6.07) is 3.16. The maximum atomic E-state index is 13.0. The fourth-order valence-electron chi connectivity index (χ4n) is 1.62. The zero-order valence-corrected chi connectivity index (χ0v) is 8.44. The fourth-order valence-corrected chi connectivity index (χ4v) is 1.87. The maximum Gasteiger partial charge on any atom is 0.253 e. The molecule has 1 aliphatic rings. The molecule has 1 fully saturated rings. The fraction of sp³-hybridized carbons (Fsp3) is 0.400. The van der Waals surface area contributed by atoms with Crippen LogP contribution >= 0.6 is 11.6 Å². The van der Waals surface area contributed by atoms with Gasteiger partial charge in [0.25, 0.3) is 5.92 Å². The molecule has 1 aromatic carbocycles. The van der Waals surface area contributed by atoms with E-state index in [0.717, 1.165) is 0 Å². The lowest BCUT2D eigenvalue weighted by Gasteiger charge is -2.13. The van der Waals surface area contributed by atoms with Gasteiger partial charge in [0, 0.05) is 18.4 Å². The standard InChI is InChI=1S/C10H9ClF3N/c11-8-5(2-1-3-7(8)12)9(15)6-4-10(6,13)14/h1-3,6,9H,4,15H2. The molecule has 5 heteroatoms. The van der Waals surface area contributed by atoms with Crippen LogP contribution in [0.2, 0.25) is 5.02 Å². The van der Waals surface area contributed by atoms with E-state index in [2.05, 4.69) is 0 Å². The van der Waals surface area contributed by atoms with Crippen molar-refractivity contribution in [1.82, 2.24) is 0 Å². The summed E-state index contributed by atoms with van der Waals surface area (Å²) in [6.07, 6.45) is -0.249. The molecular weight excluding hydrogens is 227 g/mol. The molecule has 1 saturated carbocycles. The highest BCUT2D eigenvalue weighted by molar-refractivity contribution is 6.31. The van der Waals surface area contributed by atoms with Crippen LogP contribution in [0.3, 0.4) is 0 Å². The zero-order valence-electron chi connectivity index (χ0n) is 7.68. The SMILES string of the molecule is NC(c1cccc(F)c1Cl)C1CC1(F)F. The van der Waals surface area contributed by atoms with Crippen LogP contribution in [-0.2, 0) is 0 Å². The van der Waals surface area contributed by atoms with Gasteiger partial charge in [0.15, 0.2) is 0 Å². The first-order valence-electron chi connectivity index (χ1n) is 4.51. The average molecular weight is 236 g/mol. The molecule has 0 spiro atoms. The normalized spacial score (nSPS) is 25.0. The summed E-state index contributed by atoms with van der Waals surface area (Å²) in [5, 5.41) is -0.160. The Morgan fingerprint density at radius 2 is 2.07 bits per heavy atom. The Balaban J connectivity index is 2.27. The molecule has 0 aromatic heterocycles. The van der Waals surface area contributed by atoms with Gasteiger partial charge in [0.2, 0.25) is 0 Å². The Morgan fingerprint density at radius 3 is 2.60 bits per heavy atom. The summed E-state index contributed by atoms with van der Waals surface area (Å²) in [4.78, 5) is 0. The summed E-state index contributed by atoms with van der Waals surface area (Å²) in [7, 11) is 0. The first-order chi connectivity index (χ1) is 6.93. The second kappa shape index (κ2) is 3.39. The molecular formula is C10H9ClF3N. The van der Waals surface area contributed by atoms with Gasteiger partial charge in [0.05, 0.1) is 5.02 Å². The van der Waals surface area contributed by atoms with E-state index >= 15 is 0 Å². The lowest BCUT2D eigenvalue weighted by atomic mass is 10.0. The second-order valence-corrected chi connectivity index (χ2v) is 4.12. The minimum absolute atomic E-state index is 0.160. The molecule has 0 aliphatic heterocycles. The van der Waals surface area contributed by atoms with Crippen molar-refractivity contribution in [2.45, 2.75) is 18.4 Å². The van der Waals surface area contributed by atoms with Crippen molar-refractivity contribution in [3.05, 3.63) is 34.6 Å². The second-order valence-electron chi connectivity index (χ2n) is 3.74. The largest absolute Gasteiger partial charge is 0.323 e. The Hall–Kier alpha value is -0.740. The highest BCUT2D eigenvalue weighted by Gasteiger charge is 2.60. The third-order valence-electron chi connectivity index (χ3n) is 2.65. The predicted molar refractivity (Wildman–Crippen MR) is 51.4 cm³/mol. The third kappa shape index (κ3) is 1.84. The summed E-state index contributed by atoms with van der Waals surface area (Å²) in [5.74, 6) is -4.28. The van der Waals surface area contributed by atoms with Gasteiger partial charge < -0.3 is 5.73 Å². The van der Waals surface area contributed by atoms with E-state index in [1.165, 1.54) is 18.2 Å². The summed E-state index contributed by atoms with van der Waals surface area (Å²) in [5.41, 5.74) is 5.86. The van der Waals surface area contributed by atoms with Crippen molar-refractivity contribution >= 4 is 11.6 Å². The molecule has 82 valence electrons. The minimum Gasteiger partial charge on any atom is -0.323 e. The van der Waals surface area contributed by atoms with Crippen LogP contribution in [0, 0.1) is 11.7 Å². The summed E-state index contributed by atoms with van der Waals surface area (Å²) < 4.78 is 38.5. The van der Waals surface area contributed by atoms with Crippen LogP contribution in [0.5, 0.6) is 0 Å². The molecule has 0 bridgehead atoms. The summed E-state index contributed by atoms with van der Waals surface area (Å²) >= 11 is 5.65. The maximum absolute atomic E-state index is 13.0. The smallest absolute Gasteiger partial charge is 0.253 e. The highest BCUT2D eigenvalue weighted by Crippen LogP contribution is 2.54. The van der Waals surface area contributed by atoms with Gasteiger partial charge in [0.1, 0.15) is 5.82 Å². The Kier molecular flexibility index (Phi) is 2.43. The van der Waals surface area contributed by atoms with Crippen molar-refractivity contribution in [1.29, 1.82) is 0 Å². The lowest BCUT2D eigenvalue weighted by molar-refractivity contribution is 0.0932. The first-order valence-corrected chi connectivity index (χ1v) is 4.88. The number of hydrogen-bond donors (Lipinski definition) is 1. The average Bonchev–Trinajstić information content (AvgIpc) is 2.79. The molecule has 2 unspecified atom stereocenters. The molecule has 1 aliphatic carbocycles. The van der Waals surface area contributed by atoms with Gasteiger partial charge in [-0.05, 0) is 11.6 Å². The number of hydrogen-bond acceptors (Lipinski definition) is 1. The van der Waals surface area contributed by atoms with Gasteiger partial charge in [-0.15, -0.1) is 0 Å². The Labute approximate surface area is 90.0 Å². The molecule has 2 rings (SSSR count). The molecule has 0 saturated heterocycles. The van der Waals surface area contributed by atoms with E-state index in [1.54, 1.807) is 0 Å². The van der Waals surface area contributed by atoms with E-state index in [0.29, 0.717) is 0 Å². The molecule has 15 heavy (non-hydrogen) atoms. The first kappa shape index (κ1) is 10.8. The number of nitrogens with two attached hydrogens (primary N) is 1. The van der Waals surface area contributed by atoms with Crippen LogP contribution in [-0.4, -0.2) is 5.92 Å². The molecule has 1 nitrogen and oxygen atoms in total. The quantitative estimate of drug-likeness (QED) is 0.837. The number of alkyl halides is 2. The summed E-state index contributed by atoms with van der Waals surface area (Å²) in [6.45, 7) is 0. The monoisotopic (exact) mass is 235 g/mol. The van der Waals surface area contributed by atoms with E-state index in [9.17, 15) is 13.2 Å². The number of halogens is 4. The van der Waals surface area contributed by atoms with E-state index in [-0.39, 0.29) is 17.0 Å². The van der Waals surface area contributed by atoms with E-state index in [4.69, 9.17) is 17.3 Å².